The van der Waals surface area contributed by atoms with E-state index < -0.39 is 26.6 Å². The van der Waals surface area contributed by atoms with Crippen LogP contribution in [0.4, 0.5) is 14.5 Å². The van der Waals surface area contributed by atoms with Crippen molar-refractivity contribution in [3.8, 4) is 0 Å². The van der Waals surface area contributed by atoms with Crippen LogP contribution in [0.3, 0.4) is 0 Å². The summed E-state index contributed by atoms with van der Waals surface area (Å²) in [6, 6.07) is 1.51. The second-order valence-corrected chi connectivity index (χ2v) is 6.51. The zero-order chi connectivity index (χ0) is 14.9. The predicted molar refractivity (Wildman–Crippen MR) is 69.6 cm³/mol. The van der Waals surface area contributed by atoms with Crippen LogP contribution in [0.1, 0.15) is 12.8 Å². The molecule has 1 saturated carbocycles. The maximum Gasteiger partial charge on any atom is 0.246 e. The molecule has 5 nitrogen and oxygen atoms in total. The van der Waals surface area contributed by atoms with Crippen LogP contribution in [0.25, 0.3) is 0 Å². The average molecular weight is 306 g/mol. The number of nitrogens with two attached hydrogens (primary N) is 1. The Morgan fingerprint density at radius 3 is 2.60 bits per heavy atom. The van der Waals surface area contributed by atoms with Gasteiger partial charge in [-0.15, -0.1) is 0 Å². The van der Waals surface area contributed by atoms with E-state index in [0.29, 0.717) is 12.8 Å². The minimum Gasteiger partial charge on any atom is -0.399 e. The van der Waals surface area contributed by atoms with Crippen molar-refractivity contribution in [1.82, 2.24) is 4.31 Å². The van der Waals surface area contributed by atoms with Crippen LogP contribution in [-0.2, 0) is 14.8 Å². The smallest absolute Gasteiger partial charge is 0.246 e. The third kappa shape index (κ3) is 2.92. The van der Waals surface area contributed by atoms with Gasteiger partial charge in [-0.05, 0) is 25.0 Å². The van der Waals surface area contributed by atoms with Crippen LogP contribution < -0.4 is 5.73 Å². The minimum atomic E-state index is -4.13. The van der Waals surface area contributed by atoms with E-state index in [9.17, 15) is 17.2 Å². The lowest BCUT2D eigenvalue weighted by molar-refractivity contribution is 0.177. The lowest BCUT2D eigenvalue weighted by Gasteiger charge is -2.22. The van der Waals surface area contributed by atoms with E-state index >= 15 is 0 Å². The van der Waals surface area contributed by atoms with Crippen LogP contribution >= 0.6 is 0 Å². The molecule has 0 saturated heterocycles. The normalized spacial score (nSPS) is 15.8. The van der Waals surface area contributed by atoms with Gasteiger partial charge in [0.15, 0.2) is 11.6 Å². The summed E-state index contributed by atoms with van der Waals surface area (Å²) in [4.78, 5) is -0.724. The number of benzene rings is 1. The summed E-state index contributed by atoms with van der Waals surface area (Å²) >= 11 is 0. The number of halogens is 2. The molecule has 1 aromatic carbocycles. The molecule has 1 fully saturated rings. The zero-order valence-corrected chi connectivity index (χ0v) is 11.8. The second kappa shape index (κ2) is 5.63. The maximum absolute atomic E-state index is 13.8. The molecule has 0 radical (unpaired) electrons. The van der Waals surface area contributed by atoms with E-state index in [0.717, 1.165) is 16.4 Å². The lowest BCUT2D eigenvalue weighted by atomic mass is 10.3. The van der Waals surface area contributed by atoms with Crippen molar-refractivity contribution in [2.75, 3.05) is 26.0 Å². The second-order valence-electron chi connectivity index (χ2n) is 4.65. The molecule has 2 rings (SSSR count). The molecule has 0 atom stereocenters. The van der Waals surface area contributed by atoms with Crippen molar-refractivity contribution in [3.05, 3.63) is 23.8 Å². The van der Waals surface area contributed by atoms with Gasteiger partial charge in [-0.1, -0.05) is 0 Å². The van der Waals surface area contributed by atoms with Gasteiger partial charge in [0.1, 0.15) is 4.90 Å². The Kier molecular flexibility index (Phi) is 4.26. The van der Waals surface area contributed by atoms with Gasteiger partial charge < -0.3 is 10.5 Å². The highest BCUT2D eigenvalue weighted by molar-refractivity contribution is 7.89. The number of nitrogen functional groups attached to an aromatic ring is 1. The molecule has 112 valence electrons. The van der Waals surface area contributed by atoms with Crippen LogP contribution in [-0.4, -0.2) is 39.0 Å². The molecule has 0 aromatic heterocycles. The molecule has 0 heterocycles. The van der Waals surface area contributed by atoms with Gasteiger partial charge in [-0.25, -0.2) is 17.2 Å². The largest absolute Gasteiger partial charge is 0.399 e. The van der Waals surface area contributed by atoms with Crippen molar-refractivity contribution >= 4 is 15.7 Å². The van der Waals surface area contributed by atoms with E-state index in [2.05, 4.69) is 0 Å². The Hall–Kier alpha value is -1.25. The molecular weight excluding hydrogens is 290 g/mol. The van der Waals surface area contributed by atoms with Crippen molar-refractivity contribution in [2.24, 2.45) is 0 Å². The number of rotatable bonds is 6. The quantitative estimate of drug-likeness (QED) is 0.805. The number of nitrogens with zero attached hydrogens (tertiary/aromatic N) is 1. The van der Waals surface area contributed by atoms with Gasteiger partial charge in [0.05, 0.1) is 6.61 Å². The predicted octanol–water partition coefficient (Wildman–Crippen LogP) is 1.35. The molecule has 0 amide bonds. The fraction of sp³-hybridized carbons (Fsp3) is 0.500. The summed E-state index contributed by atoms with van der Waals surface area (Å²) < 4.78 is 58.0. The van der Waals surface area contributed by atoms with Gasteiger partial charge in [0.2, 0.25) is 10.0 Å². The van der Waals surface area contributed by atoms with Crippen LogP contribution in [0, 0.1) is 11.6 Å². The summed E-state index contributed by atoms with van der Waals surface area (Å²) in [5.74, 6) is -2.67. The van der Waals surface area contributed by atoms with E-state index in [1.54, 1.807) is 0 Å². The molecule has 0 unspecified atom stereocenters. The maximum atomic E-state index is 13.8. The number of hydrogen-bond donors (Lipinski definition) is 1. The van der Waals surface area contributed by atoms with Crippen LogP contribution in [0.5, 0.6) is 0 Å². The molecule has 1 aliphatic carbocycles. The van der Waals surface area contributed by atoms with Crippen molar-refractivity contribution in [3.63, 3.8) is 0 Å². The highest BCUT2D eigenvalue weighted by atomic mass is 32.2. The number of anilines is 1. The molecule has 0 aliphatic heterocycles. The van der Waals surface area contributed by atoms with Gasteiger partial charge in [0, 0.05) is 25.4 Å². The topological polar surface area (TPSA) is 72.6 Å². The van der Waals surface area contributed by atoms with E-state index in [1.165, 1.54) is 7.11 Å². The Bertz CT molecular complexity index is 603. The van der Waals surface area contributed by atoms with Crippen molar-refractivity contribution < 1.29 is 21.9 Å². The van der Waals surface area contributed by atoms with Crippen LogP contribution in [0.2, 0.25) is 0 Å². The third-order valence-electron chi connectivity index (χ3n) is 3.07. The molecule has 1 aliphatic rings. The summed E-state index contributed by atoms with van der Waals surface area (Å²) in [7, 11) is -2.68. The Morgan fingerprint density at radius 1 is 1.40 bits per heavy atom. The lowest BCUT2D eigenvalue weighted by Crippen LogP contribution is -2.36. The van der Waals surface area contributed by atoms with E-state index in [1.807, 2.05) is 0 Å². The number of hydrogen-bond acceptors (Lipinski definition) is 4. The highest BCUT2D eigenvalue weighted by Crippen LogP contribution is 2.33. The number of ether oxygens (including phenoxy) is 1. The Morgan fingerprint density at radius 2 is 2.05 bits per heavy atom. The molecule has 0 bridgehead atoms. The minimum absolute atomic E-state index is 0.0966. The number of methoxy groups -OCH3 is 1. The molecule has 8 heteroatoms. The van der Waals surface area contributed by atoms with Crippen molar-refractivity contribution in [1.29, 1.82) is 0 Å². The molecule has 1 aromatic rings. The highest BCUT2D eigenvalue weighted by Gasteiger charge is 2.39. The SMILES string of the molecule is COCCN(C1CC1)S(=O)(=O)c1cc(N)cc(F)c1F. The van der Waals surface area contributed by atoms with E-state index in [4.69, 9.17) is 10.5 Å². The average Bonchev–Trinajstić information content (AvgIpc) is 3.18. The summed E-state index contributed by atoms with van der Waals surface area (Å²) in [5.41, 5.74) is 5.27. The first kappa shape index (κ1) is 15.1. The standard InChI is InChI=1S/C12H16F2N2O3S/c1-19-5-4-16(9-2-3-9)20(17,18)11-7-8(15)6-10(13)12(11)14/h6-7,9H,2-5,15H2,1H3. The monoisotopic (exact) mass is 306 g/mol. The Labute approximate surface area is 116 Å². The first-order valence-electron chi connectivity index (χ1n) is 6.13. The first-order chi connectivity index (χ1) is 9.37. The number of sulfonamides is 1. The molecule has 20 heavy (non-hydrogen) atoms. The van der Waals surface area contributed by atoms with Crippen molar-refractivity contribution in [2.45, 2.75) is 23.8 Å². The van der Waals surface area contributed by atoms with Gasteiger partial charge in [-0.3, -0.25) is 0 Å². The van der Waals surface area contributed by atoms with Crippen LogP contribution in [0.15, 0.2) is 17.0 Å². The fourth-order valence-electron chi connectivity index (χ4n) is 1.94. The summed E-state index contributed by atoms with van der Waals surface area (Å²) in [6.07, 6.45) is 1.41. The summed E-state index contributed by atoms with van der Waals surface area (Å²) in [6.45, 7) is 0.279. The van der Waals surface area contributed by atoms with Gasteiger partial charge >= 0.3 is 0 Å². The Balaban J connectivity index is 2.42. The van der Waals surface area contributed by atoms with Gasteiger partial charge in [0.25, 0.3) is 0 Å². The van der Waals surface area contributed by atoms with Gasteiger partial charge in [-0.2, -0.15) is 4.31 Å². The third-order valence-corrected chi connectivity index (χ3v) is 5.02. The van der Waals surface area contributed by atoms with E-state index in [-0.39, 0.29) is 24.9 Å². The molecule has 2 N–H and O–H groups in total. The molecule has 0 spiro atoms. The first-order valence-corrected chi connectivity index (χ1v) is 7.57. The fourth-order valence-corrected chi connectivity index (χ4v) is 3.72. The zero-order valence-electron chi connectivity index (χ0n) is 11.0. The molecular formula is C12H16F2N2O3S. The summed E-state index contributed by atoms with van der Waals surface area (Å²) in [5, 5.41) is 0.